The molecule has 0 saturated heterocycles. The van der Waals surface area contributed by atoms with Crippen LogP contribution in [-0.2, 0) is 17.9 Å². The summed E-state index contributed by atoms with van der Waals surface area (Å²) in [7, 11) is 0. The maximum atomic E-state index is 12.7. The number of ketones is 1. The first-order valence-corrected chi connectivity index (χ1v) is 9.24. The first-order chi connectivity index (χ1) is 12.9. The zero-order chi connectivity index (χ0) is 19.6. The molecule has 0 fully saturated rings. The summed E-state index contributed by atoms with van der Waals surface area (Å²) < 4.78 is 3.85. The number of anilines is 1. The minimum absolute atomic E-state index is 0.158. The quantitative estimate of drug-likeness (QED) is 0.390. The molecular weight excluding hydrogens is 384 g/mol. The van der Waals surface area contributed by atoms with Gasteiger partial charge in [0.15, 0.2) is 15.4 Å². The third kappa shape index (κ3) is 3.79. The van der Waals surface area contributed by atoms with Crippen molar-refractivity contribution in [3.63, 3.8) is 0 Å². The molecule has 9 heteroatoms. The Labute approximate surface area is 163 Å². The summed E-state index contributed by atoms with van der Waals surface area (Å²) in [6.07, 6.45) is 3.00. The number of nitrogens with one attached hydrogen (secondary N) is 1. The van der Waals surface area contributed by atoms with E-state index in [1.165, 1.54) is 17.8 Å². The third-order valence-corrected chi connectivity index (χ3v) is 5.28. The summed E-state index contributed by atoms with van der Waals surface area (Å²) >= 11 is 6.42. The van der Waals surface area contributed by atoms with Crippen molar-refractivity contribution >= 4 is 51.3 Å². The van der Waals surface area contributed by atoms with Gasteiger partial charge < -0.3 is 9.88 Å². The molecule has 3 aromatic rings. The highest BCUT2D eigenvalue weighted by molar-refractivity contribution is 7.73. The Hall–Kier alpha value is -2.91. The molecule has 2 heterocycles. The molecule has 0 spiro atoms. The second kappa shape index (κ2) is 7.77. The number of hydrogen-bond donors (Lipinski definition) is 1. The Bertz CT molecular complexity index is 1170. The molecule has 0 unspecified atom stereocenters. The number of benzene rings is 1. The third-order valence-electron chi connectivity index (χ3n) is 3.85. The van der Waals surface area contributed by atoms with E-state index in [4.69, 9.17) is 12.2 Å². The number of amides is 1. The number of carbonyl (C=O) groups is 2. The molecule has 7 nitrogen and oxygen atoms in total. The van der Waals surface area contributed by atoms with Crippen molar-refractivity contribution in [3.8, 4) is 0 Å². The van der Waals surface area contributed by atoms with Crippen LogP contribution in [0.4, 0.5) is 5.69 Å². The number of allylic oxidation sites excluding steroid dienone is 1. The zero-order valence-corrected chi connectivity index (χ0v) is 16.1. The van der Waals surface area contributed by atoms with Gasteiger partial charge in [-0.1, -0.05) is 29.5 Å². The molecular formula is C18H16N4O3S2. The molecule has 0 aliphatic carbocycles. The van der Waals surface area contributed by atoms with Gasteiger partial charge in [0.2, 0.25) is 5.91 Å². The second-order valence-electron chi connectivity index (χ2n) is 5.75. The summed E-state index contributed by atoms with van der Waals surface area (Å²) in [5.74, 6) is -0.587. The number of Topliss-reactive ketones (excluding diaryl/α,β-unsaturated/α-hetero) is 1. The van der Waals surface area contributed by atoms with Crippen LogP contribution in [0.2, 0.25) is 0 Å². The second-order valence-corrected chi connectivity index (χ2v) is 7.39. The van der Waals surface area contributed by atoms with Crippen molar-refractivity contribution in [1.82, 2.24) is 14.1 Å². The Morgan fingerprint density at radius 2 is 2.11 bits per heavy atom. The predicted molar refractivity (Wildman–Crippen MR) is 108 cm³/mol. The average Bonchev–Trinajstić information content (AvgIpc) is 2.95. The lowest BCUT2D eigenvalue weighted by Crippen LogP contribution is -2.28. The van der Waals surface area contributed by atoms with Crippen molar-refractivity contribution in [2.24, 2.45) is 0 Å². The van der Waals surface area contributed by atoms with Crippen LogP contribution in [0.15, 0.2) is 48.0 Å². The standard InChI is InChI=1S/C18H16N4O3S2/c1-3-8-22-16-15(27-18(22)26)17(25)21(10-19-16)9-14(24)20-13-7-5-4-6-12(13)11(2)23/h3-7,10H,1,8-9H2,2H3,(H,20,24). The summed E-state index contributed by atoms with van der Waals surface area (Å²) in [5.41, 5.74) is 0.957. The molecule has 0 radical (unpaired) electrons. The normalized spacial score (nSPS) is 10.7. The van der Waals surface area contributed by atoms with Crippen molar-refractivity contribution in [3.05, 3.63) is 63.1 Å². The van der Waals surface area contributed by atoms with Gasteiger partial charge in [-0.15, -0.1) is 6.58 Å². The number of thiazole rings is 1. The maximum absolute atomic E-state index is 12.7. The van der Waals surface area contributed by atoms with Gasteiger partial charge in [0, 0.05) is 12.1 Å². The molecule has 0 saturated carbocycles. The minimum atomic E-state index is -0.430. The number of aromatic nitrogens is 3. The monoisotopic (exact) mass is 400 g/mol. The number of carbonyl (C=O) groups excluding carboxylic acids is 2. The lowest BCUT2D eigenvalue weighted by atomic mass is 10.1. The van der Waals surface area contributed by atoms with E-state index in [0.29, 0.717) is 32.1 Å². The van der Waals surface area contributed by atoms with Gasteiger partial charge in [-0.2, -0.15) is 0 Å². The van der Waals surface area contributed by atoms with Crippen LogP contribution in [-0.4, -0.2) is 25.8 Å². The van der Waals surface area contributed by atoms with Gasteiger partial charge >= 0.3 is 0 Å². The van der Waals surface area contributed by atoms with Crippen molar-refractivity contribution in [1.29, 1.82) is 0 Å². The number of para-hydroxylation sites is 1. The number of rotatable bonds is 6. The van der Waals surface area contributed by atoms with Gasteiger partial charge in [-0.25, -0.2) is 4.98 Å². The fourth-order valence-corrected chi connectivity index (χ4v) is 3.93. The molecule has 0 aliphatic heterocycles. The Morgan fingerprint density at radius 3 is 2.81 bits per heavy atom. The van der Waals surface area contributed by atoms with E-state index in [1.54, 1.807) is 34.9 Å². The van der Waals surface area contributed by atoms with E-state index in [-0.39, 0.29) is 17.9 Å². The van der Waals surface area contributed by atoms with E-state index in [1.807, 2.05) is 0 Å². The van der Waals surface area contributed by atoms with Crippen LogP contribution < -0.4 is 10.9 Å². The van der Waals surface area contributed by atoms with E-state index in [2.05, 4.69) is 16.9 Å². The number of nitrogens with zero attached hydrogens (tertiary/aromatic N) is 3. The Balaban J connectivity index is 1.89. The molecule has 1 N–H and O–H groups in total. The lowest BCUT2D eigenvalue weighted by Gasteiger charge is -2.10. The van der Waals surface area contributed by atoms with Gasteiger partial charge in [0.1, 0.15) is 17.6 Å². The number of fused-ring (bicyclic) bond motifs is 1. The maximum Gasteiger partial charge on any atom is 0.273 e. The largest absolute Gasteiger partial charge is 0.324 e. The van der Waals surface area contributed by atoms with E-state index in [0.717, 1.165) is 11.3 Å². The Morgan fingerprint density at radius 1 is 1.37 bits per heavy atom. The molecule has 0 aliphatic rings. The summed E-state index contributed by atoms with van der Waals surface area (Å²) in [4.78, 5) is 41.0. The predicted octanol–water partition coefficient (Wildman–Crippen LogP) is 3.02. The topological polar surface area (TPSA) is 86.0 Å². The molecule has 1 amide bonds. The fourth-order valence-electron chi connectivity index (χ4n) is 2.62. The molecule has 0 bridgehead atoms. The van der Waals surface area contributed by atoms with E-state index >= 15 is 0 Å². The molecule has 0 atom stereocenters. The van der Waals surface area contributed by atoms with Crippen LogP contribution in [0.3, 0.4) is 0 Å². The van der Waals surface area contributed by atoms with Gasteiger partial charge in [0.25, 0.3) is 5.56 Å². The first-order valence-electron chi connectivity index (χ1n) is 8.02. The van der Waals surface area contributed by atoms with E-state index in [9.17, 15) is 14.4 Å². The molecule has 27 heavy (non-hydrogen) atoms. The van der Waals surface area contributed by atoms with Crippen LogP contribution in [0.1, 0.15) is 17.3 Å². The highest BCUT2D eigenvalue weighted by atomic mass is 32.1. The highest BCUT2D eigenvalue weighted by Gasteiger charge is 2.14. The van der Waals surface area contributed by atoms with E-state index < -0.39 is 5.91 Å². The lowest BCUT2D eigenvalue weighted by molar-refractivity contribution is -0.116. The zero-order valence-electron chi connectivity index (χ0n) is 14.5. The van der Waals surface area contributed by atoms with Crippen LogP contribution in [0.5, 0.6) is 0 Å². The minimum Gasteiger partial charge on any atom is -0.324 e. The summed E-state index contributed by atoms with van der Waals surface area (Å²) in [6.45, 7) is 5.33. The molecule has 3 rings (SSSR count). The molecule has 2 aromatic heterocycles. The van der Waals surface area contributed by atoms with Crippen molar-refractivity contribution in [2.45, 2.75) is 20.0 Å². The van der Waals surface area contributed by atoms with Gasteiger partial charge in [-0.3, -0.25) is 19.0 Å². The summed E-state index contributed by atoms with van der Waals surface area (Å²) in [6, 6.07) is 6.71. The van der Waals surface area contributed by atoms with Crippen LogP contribution in [0, 0.1) is 3.95 Å². The average molecular weight is 400 g/mol. The van der Waals surface area contributed by atoms with Crippen LogP contribution in [0.25, 0.3) is 10.3 Å². The molecule has 1 aromatic carbocycles. The van der Waals surface area contributed by atoms with Gasteiger partial charge in [0.05, 0.1) is 5.69 Å². The van der Waals surface area contributed by atoms with Gasteiger partial charge in [-0.05, 0) is 31.3 Å². The van der Waals surface area contributed by atoms with Crippen molar-refractivity contribution in [2.75, 3.05) is 5.32 Å². The Kier molecular flexibility index (Phi) is 5.43. The SMILES string of the molecule is C=CCn1c(=S)sc2c(=O)n(CC(=O)Nc3ccccc3C(C)=O)cnc21. The highest BCUT2D eigenvalue weighted by Crippen LogP contribution is 2.18. The smallest absolute Gasteiger partial charge is 0.273 e. The first kappa shape index (κ1) is 18.9. The fraction of sp³-hybridized carbons (Fsp3) is 0.167. The number of hydrogen-bond acceptors (Lipinski definition) is 6. The summed E-state index contributed by atoms with van der Waals surface area (Å²) in [5, 5.41) is 2.67. The van der Waals surface area contributed by atoms with Crippen LogP contribution >= 0.6 is 23.6 Å². The van der Waals surface area contributed by atoms with Crippen molar-refractivity contribution < 1.29 is 9.59 Å². The molecule has 138 valence electrons.